The predicted molar refractivity (Wildman–Crippen MR) is 89.9 cm³/mol. The van der Waals surface area contributed by atoms with Crippen molar-refractivity contribution in [3.63, 3.8) is 0 Å². The molecule has 2 aromatic carbocycles. The smallest absolute Gasteiger partial charge is 0.262 e. The van der Waals surface area contributed by atoms with Gasteiger partial charge in [0.1, 0.15) is 5.75 Å². The molecule has 0 atom stereocenters. The van der Waals surface area contributed by atoms with Crippen molar-refractivity contribution in [2.45, 2.75) is 13.8 Å². The van der Waals surface area contributed by atoms with E-state index >= 15 is 0 Å². The normalized spacial score (nSPS) is 10.0. The maximum atomic E-state index is 12.1. The van der Waals surface area contributed by atoms with E-state index in [0.717, 1.165) is 11.1 Å². The van der Waals surface area contributed by atoms with Gasteiger partial charge in [-0.15, -0.1) is 0 Å². The number of amides is 2. The van der Waals surface area contributed by atoms with Gasteiger partial charge in [-0.2, -0.15) is 0 Å². The van der Waals surface area contributed by atoms with Crippen molar-refractivity contribution in [1.82, 2.24) is 5.32 Å². The molecule has 0 unspecified atom stereocenters. The number of aryl methyl sites for hydroxylation is 2. The molecule has 0 aliphatic heterocycles. The molecule has 0 aliphatic carbocycles. The fourth-order valence-electron chi connectivity index (χ4n) is 2.28. The molecular weight excluding hydrogens is 292 g/mol. The highest BCUT2D eigenvalue weighted by molar-refractivity contribution is 6.03. The van der Waals surface area contributed by atoms with Crippen LogP contribution in [-0.4, -0.2) is 25.5 Å². The molecular formula is C18H20N2O3. The van der Waals surface area contributed by atoms with E-state index in [0.29, 0.717) is 17.0 Å². The molecule has 5 heteroatoms. The van der Waals surface area contributed by atoms with Crippen LogP contribution in [0.15, 0.2) is 42.5 Å². The van der Waals surface area contributed by atoms with Crippen molar-refractivity contribution >= 4 is 17.5 Å². The van der Waals surface area contributed by atoms with Crippen molar-refractivity contribution in [3.8, 4) is 5.75 Å². The molecule has 0 saturated carbocycles. The third kappa shape index (κ3) is 4.57. The summed E-state index contributed by atoms with van der Waals surface area (Å²) in [5.41, 5.74) is 3.02. The van der Waals surface area contributed by atoms with Crippen LogP contribution in [0.1, 0.15) is 21.5 Å². The fraction of sp³-hybridized carbons (Fsp3) is 0.222. The molecule has 2 N–H and O–H groups in total. The number of nitrogens with one attached hydrogen (secondary N) is 2. The van der Waals surface area contributed by atoms with Gasteiger partial charge in [0.15, 0.2) is 6.61 Å². The Labute approximate surface area is 135 Å². The first-order chi connectivity index (χ1) is 11.0. The van der Waals surface area contributed by atoms with Gasteiger partial charge >= 0.3 is 0 Å². The van der Waals surface area contributed by atoms with Crippen LogP contribution < -0.4 is 15.4 Å². The van der Waals surface area contributed by atoms with Crippen LogP contribution in [0.25, 0.3) is 0 Å². The van der Waals surface area contributed by atoms with Gasteiger partial charge in [-0.1, -0.05) is 18.2 Å². The Morgan fingerprint density at radius 2 is 1.70 bits per heavy atom. The van der Waals surface area contributed by atoms with Crippen LogP contribution in [0, 0.1) is 13.8 Å². The van der Waals surface area contributed by atoms with Gasteiger partial charge < -0.3 is 15.4 Å². The minimum atomic E-state index is -0.319. The van der Waals surface area contributed by atoms with Gasteiger partial charge in [0.05, 0.1) is 11.3 Å². The van der Waals surface area contributed by atoms with E-state index in [4.69, 9.17) is 4.74 Å². The van der Waals surface area contributed by atoms with Gasteiger partial charge in [0, 0.05) is 7.05 Å². The van der Waals surface area contributed by atoms with E-state index in [1.54, 1.807) is 31.3 Å². The maximum absolute atomic E-state index is 12.1. The molecule has 0 aliphatic rings. The average Bonchev–Trinajstić information content (AvgIpc) is 2.52. The van der Waals surface area contributed by atoms with Crippen LogP contribution in [0.2, 0.25) is 0 Å². The van der Waals surface area contributed by atoms with Crippen LogP contribution in [0.3, 0.4) is 0 Å². The number of carbonyl (C=O) groups is 2. The van der Waals surface area contributed by atoms with E-state index in [1.807, 2.05) is 32.0 Å². The second kappa shape index (κ2) is 7.45. The number of hydrogen-bond acceptors (Lipinski definition) is 3. The van der Waals surface area contributed by atoms with E-state index in [2.05, 4.69) is 10.6 Å². The molecule has 0 spiro atoms. The Balaban J connectivity index is 2.01. The molecule has 0 saturated heterocycles. The fourth-order valence-corrected chi connectivity index (χ4v) is 2.28. The molecule has 120 valence electrons. The summed E-state index contributed by atoms with van der Waals surface area (Å²) in [6, 6.07) is 12.6. The molecule has 2 rings (SSSR count). The molecule has 0 aromatic heterocycles. The monoisotopic (exact) mass is 312 g/mol. The van der Waals surface area contributed by atoms with Crippen molar-refractivity contribution in [1.29, 1.82) is 0 Å². The average molecular weight is 312 g/mol. The maximum Gasteiger partial charge on any atom is 0.262 e. The molecule has 0 radical (unpaired) electrons. The topological polar surface area (TPSA) is 67.4 Å². The molecule has 2 amide bonds. The van der Waals surface area contributed by atoms with Crippen molar-refractivity contribution in [2.75, 3.05) is 19.0 Å². The van der Waals surface area contributed by atoms with Gasteiger partial charge in [-0.25, -0.2) is 0 Å². The van der Waals surface area contributed by atoms with Gasteiger partial charge in [-0.05, 0) is 49.2 Å². The summed E-state index contributed by atoms with van der Waals surface area (Å²) < 4.78 is 5.52. The summed E-state index contributed by atoms with van der Waals surface area (Å²) in [6.07, 6.45) is 0. The quantitative estimate of drug-likeness (QED) is 0.892. The highest BCUT2D eigenvalue weighted by atomic mass is 16.5. The third-order valence-electron chi connectivity index (χ3n) is 3.24. The number of rotatable bonds is 5. The van der Waals surface area contributed by atoms with Crippen LogP contribution in [0.5, 0.6) is 5.75 Å². The predicted octanol–water partition coefficient (Wildman–Crippen LogP) is 2.68. The minimum absolute atomic E-state index is 0.120. The van der Waals surface area contributed by atoms with E-state index in [1.165, 1.54) is 0 Å². The summed E-state index contributed by atoms with van der Waals surface area (Å²) >= 11 is 0. The largest absolute Gasteiger partial charge is 0.484 e. The van der Waals surface area contributed by atoms with Crippen LogP contribution >= 0.6 is 0 Å². The Bertz CT molecular complexity index is 706. The molecule has 5 nitrogen and oxygen atoms in total. The summed E-state index contributed by atoms with van der Waals surface area (Å²) in [6.45, 7) is 3.82. The van der Waals surface area contributed by atoms with Crippen molar-refractivity contribution < 1.29 is 14.3 Å². The second-order valence-corrected chi connectivity index (χ2v) is 5.28. The molecule has 0 fully saturated rings. The number of benzene rings is 2. The zero-order valence-electron chi connectivity index (χ0n) is 13.5. The molecule has 2 aromatic rings. The lowest BCUT2D eigenvalue weighted by molar-refractivity contribution is -0.118. The summed E-state index contributed by atoms with van der Waals surface area (Å²) in [5, 5.41) is 5.24. The lowest BCUT2D eigenvalue weighted by Crippen LogP contribution is -2.24. The lowest BCUT2D eigenvalue weighted by atomic mass is 10.1. The first-order valence-corrected chi connectivity index (χ1v) is 7.31. The summed E-state index contributed by atoms with van der Waals surface area (Å²) in [7, 11) is 1.55. The Hall–Kier alpha value is -2.82. The molecule has 23 heavy (non-hydrogen) atoms. The number of hydrogen-bond donors (Lipinski definition) is 2. The van der Waals surface area contributed by atoms with Crippen LogP contribution in [0.4, 0.5) is 5.69 Å². The van der Waals surface area contributed by atoms with Crippen molar-refractivity contribution in [3.05, 3.63) is 59.2 Å². The third-order valence-corrected chi connectivity index (χ3v) is 3.24. The first-order valence-electron chi connectivity index (χ1n) is 7.31. The number of ether oxygens (including phenoxy) is 1. The van der Waals surface area contributed by atoms with E-state index in [-0.39, 0.29) is 18.4 Å². The van der Waals surface area contributed by atoms with E-state index < -0.39 is 0 Å². The van der Waals surface area contributed by atoms with Gasteiger partial charge in [0.2, 0.25) is 0 Å². The van der Waals surface area contributed by atoms with Crippen molar-refractivity contribution in [2.24, 2.45) is 0 Å². The lowest BCUT2D eigenvalue weighted by Gasteiger charge is -2.11. The summed E-state index contributed by atoms with van der Waals surface area (Å²) in [4.78, 5) is 23.8. The zero-order valence-corrected chi connectivity index (χ0v) is 13.5. The first kappa shape index (κ1) is 16.5. The van der Waals surface area contributed by atoms with Gasteiger partial charge in [0.25, 0.3) is 11.8 Å². The van der Waals surface area contributed by atoms with E-state index in [9.17, 15) is 9.59 Å². The highest BCUT2D eigenvalue weighted by Gasteiger charge is 2.12. The Kier molecular flexibility index (Phi) is 5.36. The number of para-hydroxylation sites is 1. The SMILES string of the molecule is CNC(=O)c1ccccc1NC(=O)COc1cc(C)cc(C)c1. The molecule has 0 heterocycles. The standard InChI is InChI=1S/C18H20N2O3/c1-12-8-13(2)10-14(9-12)23-11-17(21)20-16-7-5-4-6-15(16)18(22)19-3/h4-10H,11H2,1-3H3,(H,19,22)(H,20,21). The minimum Gasteiger partial charge on any atom is -0.484 e. The molecule has 0 bridgehead atoms. The Morgan fingerprint density at radius 1 is 1.04 bits per heavy atom. The number of carbonyl (C=O) groups excluding carboxylic acids is 2. The van der Waals surface area contributed by atoms with Crippen LogP contribution in [-0.2, 0) is 4.79 Å². The summed E-state index contributed by atoms with van der Waals surface area (Å²) in [5.74, 6) is 0.0777. The second-order valence-electron chi connectivity index (χ2n) is 5.28. The zero-order chi connectivity index (χ0) is 16.8. The number of anilines is 1. The highest BCUT2D eigenvalue weighted by Crippen LogP contribution is 2.17. The Morgan fingerprint density at radius 3 is 2.35 bits per heavy atom. The van der Waals surface area contributed by atoms with Gasteiger partial charge in [-0.3, -0.25) is 9.59 Å².